The predicted molar refractivity (Wildman–Crippen MR) is 65.6 cm³/mol. The van der Waals surface area contributed by atoms with Gasteiger partial charge in [0, 0.05) is 6.54 Å². The third kappa shape index (κ3) is 8.30. The van der Waals surface area contributed by atoms with E-state index in [4.69, 9.17) is 17.0 Å². The number of nitrogens with one attached hydrogen (secondary N) is 1. The lowest BCUT2D eigenvalue weighted by molar-refractivity contribution is 0.191. The largest absolute Gasteiger partial charge is 0.468 e. The lowest BCUT2D eigenvalue weighted by Gasteiger charge is -2.15. The molecule has 0 aliphatic carbocycles. The van der Waals surface area contributed by atoms with Crippen molar-refractivity contribution in [1.29, 1.82) is 0 Å². The minimum absolute atomic E-state index is 0.247. The van der Waals surface area contributed by atoms with Gasteiger partial charge in [0.1, 0.15) is 0 Å². The molecule has 0 aromatic rings. The minimum atomic E-state index is 0.247. The molecule has 1 N–H and O–H groups in total. The van der Waals surface area contributed by atoms with Crippen LogP contribution in [-0.2, 0) is 4.74 Å². The summed E-state index contributed by atoms with van der Waals surface area (Å²) in [6.45, 7) is 7.35. The molecule has 1 atom stereocenters. The fourth-order valence-electron chi connectivity index (χ4n) is 1.14. The van der Waals surface area contributed by atoms with Gasteiger partial charge >= 0.3 is 0 Å². The summed E-state index contributed by atoms with van der Waals surface area (Å²) in [4.78, 5) is 0. The second kappa shape index (κ2) is 9.25. The highest BCUT2D eigenvalue weighted by molar-refractivity contribution is 7.80. The van der Waals surface area contributed by atoms with Crippen molar-refractivity contribution in [3.05, 3.63) is 0 Å². The summed E-state index contributed by atoms with van der Waals surface area (Å²) in [6.07, 6.45) is 6.08. The van der Waals surface area contributed by atoms with E-state index >= 15 is 0 Å². The molecule has 0 amide bonds. The first-order valence-corrected chi connectivity index (χ1v) is 6.06. The van der Waals surface area contributed by atoms with E-state index in [1.165, 1.54) is 19.3 Å². The van der Waals surface area contributed by atoms with Gasteiger partial charge in [0.2, 0.25) is 0 Å². The first kappa shape index (κ1) is 13.7. The van der Waals surface area contributed by atoms with Crippen LogP contribution in [0.3, 0.4) is 0 Å². The summed E-state index contributed by atoms with van der Waals surface area (Å²) < 4.78 is 5.52. The average Bonchev–Trinajstić information content (AvgIpc) is 2.15. The molecule has 0 bridgehead atoms. The molecule has 3 heteroatoms. The van der Waals surface area contributed by atoms with Gasteiger partial charge < -0.3 is 10.1 Å². The third-order valence-corrected chi connectivity index (χ3v) is 2.31. The highest BCUT2D eigenvalue weighted by Gasteiger charge is 2.04. The van der Waals surface area contributed by atoms with E-state index in [9.17, 15) is 0 Å². The second-order valence-electron chi connectivity index (χ2n) is 3.64. The van der Waals surface area contributed by atoms with Crippen molar-refractivity contribution in [2.45, 2.75) is 59.0 Å². The van der Waals surface area contributed by atoms with E-state index in [0.717, 1.165) is 19.4 Å². The van der Waals surface area contributed by atoms with Crippen LogP contribution in [0.5, 0.6) is 0 Å². The number of ether oxygens (including phenoxy) is 1. The van der Waals surface area contributed by atoms with E-state index < -0.39 is 0 Å². The Labute approximate surface area is 93.4 Å². The van der Waals surface area contributed by atoms with Crippen molar-refractivity contribution in [2.75, 3.05) is 6.54 Å². The zero-order chi connectivity index (χ0) is 10.8. The molecule has 84 valence electrons. The molecule has 0 spiro atoms. The van der Waals surface area contributed by atoms with Crippen molar-refractivity contribution in [3.8, 4) is 0 Å². The molecule has 0 radical (unpaired) electrons. The Bertz CT molecular complexity index is 150. The molecular formula is C11H23NOS. The average molecular weight is 217 g/mol. The Morgan fingerprint density at radius 3 is 2.50 bits per heavy atom. The van der Waals surface area contributed by atoms with E-state index in [1.54, 1.807) is 0 Å². The monoisotopic (exact) mass is 217 g/mol. The van der Waals surface area contributed by atoms with Gasteiger partial charge in [0.05, 0.1) is 6.10 Å². The smallest absolute Gasteiger partial charge is 0.256 e. The summed E-state index contributed by atoms with van der Waals surface area (Å²) in [6, 6.07) is 0. The van der Waals surface area contributed by atoms with Crippen LogP contribution in [-0.4, -0.2) is 17.8 Å². The topological polar surface area (TPSA) is 21.3 Å². The van der Waals surface area contributed by atoms with Gasteiger partial charge in [-0.3, -0.25) is 0 Å². The normalized spacial score (nSPS) is 12.2. The van der Waals surface area contributed by atoms with E-state index in [1.807, 2.05) is 0 Å². The molecular weight excluding hydrogens is 194 g/mol. The Kier molecular flexibility index (Phi) is 9.05. The Hall–Kier alpha value is -0.310. The summed E-state index contributed by atoms with van der Waals surface area (Å²) in [5.74, 6) is 0. The Morgan fingerprint density at radius 2 is 1.93 bits per heavy atom. The van der Waals surface area contributed by atoms with Gasteiger partial charge in [-0.15, -0.1) is 0 Å². The highest BCUT2D eigenvalue weighted by Crippen LogP contribution is 2.03. The lowest BCUT2D eigenvalue weighted by atomic mass is 10.2. The van der Waals surface area contributed by atoms with Crippen molar-refractivity contribution < 1.29 is 4.74 Å². The maximum absolute atomic E-state index is 5.52. The molecule has 0 fully saturated rings. The van der Waals surface area contributed by atoms with E-state index in [0.29, 0.717) is 5.17 Å². The van der Waals surface area contributed by atoms with Crippen LogP contribution in [0.15, 0.2) is 0 Å². The van der Waals surface area contributed by atoms with Gasteiger partial charge in [-0.1, -0.05) is 33.1 Å². The SMILES string of the molecule is CCCCNC(=S)OC(C)CCCC. The minimum Gasteiger partial charge on any atom is -0.468 e. The molecule has 14 heavy (non-hydrogen) atoms. The number of thiocarbonyl (C=S) groups is 1. The molecule has 0 saturated heterocycles. The maximum atomic E-state index is 5.52. The van der Waals surface area contributed by atoms with Gasteiger partial charge in [-0.25, -0.2) is 0 Å². The van der Waals surface area contributed by atoms with Crippen LogP contribution >= 0.6 is 12.2 Å². The van der Waals surface area contributed by atoms with Crippen LogP contribution < -0.4 is 5.32 Å². The molecule has 0 saturated carbocycles. The zero-order valence-electron chi connectivity index (χ0n) is 9.64. The van der Waals surface area contributed by atoms with E-state index in [2.05, 4.69) is 26.1 Å². The maximum Gasteiger partial charge on any atom is 0.256 e. The van der Waals surface area contributed by atoms with Gasteiger partial charge in [0.25, 0.3) is 5.17 Å². The molecule has 0 aliphatic rings. The molecule has 0 rings (SSSR count). The summed E-state index contributed by atoms with van der Waals surface area (Å²) >= 11 is 5.06. The zero-order valence-corrected chi connectivity index (χ0v) is 10.5. The number of hydrogen-bond donors (Lipinski definition) is 1. The quantitative estimate of drug-likeness (QED) is 0.522. The summed E-state index contributed by atoms with van der Waals surface area (Å²) in [5.41, 5.74) is 0. The molecule has 0 aromatic carbocycles. The summed E-state index contributed by atoms with van der Waals surface area (Å²) in [5, 5.41) is 3.66. The first-order chi connectivity index (χ1) is 6.70. The fourth-order valence-corrected chi connectivity index (χ4v) is 1.41. The van der Waals surface area contributed by atoms with Crippen molar-refractivity contribution in [1.82, 2.24) is 5.32 Å². The van der Waals surface area contributed by atoms with Crippen LogP contribution in [0.1, 0.15) is 52.9 Å². The molecule has 0 aromatic heterocycles. The van der Waals surface area contributed by atoms with Crippen LogP contribution in [0, 0.1) is 0 Å². The predicted octanol–water partition coefficient (Wildman–Crippen LogP) is 3.26. The number of rotatable bonds is 7. The third-order valence-electron chi connectivity index (χ3n) is 2.07. The van der Waals surface area contributed by atoms with Crippen molar-refractivity contribution in [3.63, 3.8) is 0 Å². The number of unbranched alkanes of at least 4 members (excludes halogenated alkanes) is 2. The fraction of sp³-hybridized carbons (Fsp3) is 0.909. The van der Waals surface area contributed by atoms with Gasteiger partial charge in [-0.2, -0.15) is 0 Å². The molecule has 2 nitrogen and oxygen atoms in total. The van der Waals surface area contributed by atoms with Gasteiger partial charge in [-0.05, 0) is 32.0 Å². The van der Waals surface area contributed by atoms with E-state index in [-0.39, 0.29) is 6.10 Å². The highest BCUT2D eigenvalue weighted by atomic mass is 32.1. The van der Waals surface area contributed by atoms with Crippen LogP contribution in [0.2, 0.25) is 0 Å². The molecule has 1 unspecified atom stereocenters. The molecule has 0 heterocycles. The Balaban J connectivity index is 3.40. The Morgan fingerprint density at radius 1 is 1.29 bits per heavy atom. The standard InChI is InChI=1S/C11H23NOS/c1-4-6-8-10(3)13-11(14)12-9-7-5-2/h10H,4-9H2,1-3H3,(H,12,14). The summed E-state index contributed by atoms with van der Waals surface area (Å²) in [7, 11) is 0. The van der Waals surface area contributed by atoms with Crippen LogP contribution in [0.4, 0.5) is 0 Å². The molecule has 0 aliphatic heterocycles. The number of hydrogen-bond acceptors (Lipinski definition) is 2. The second-order valence-corrected chi connectivity index (χ2v) is 4.01. The van der Waals surface area contributed by atoms with Crippen molar-refractivity contribution in [2.24, 2.45) is 0 Å². The first-order valence-electron chi connectivity index (χ1n) is 5.65. The van der Waals surface area contributed by atoms with Gasteiger partial charge in [0.15, 0.2) is 0 Å². The van der Waals surface area contributed by atoms with Crippen molar-refractivity contribution >= 4 is 17.4 Å². The lowest BCUT2D eigenvalue weighted by Crippen LogP contribution is -2.28. The van der Waals surface area contributed by atoms with Crippen LogP contribution in [0.25, 0.3) is 0 Å².